The van der Waals surface area contributed by atoms with Gasteiger partial charge in [0.25, 0.3) is 0 Å². The summed E-state index contributed by atoms with van der Waals surface area (Å²) in [5, 5.41) is 0. The lowest BCUT2D eigenvalue weighted by Crippen LogP contribution is -2.36. The number of nitrogens with zero attached hydrogens (tertiary/aromatic N) is 1. The Bertz CT molecular complexity index is 1410. The second-order valence-electron chi connectivity index (χ2n) is 14.0. The van der Waals surface area contributed by atoms with Crippen LogP contribution in [-0.4, -0.2) is 23.0 Å². The van der Waals surface area contributed by atoms with Crippen LogP contribution in [0.2, 0.25) is 0 Å². The van der Waals surface area contributed by atoms with E-state index in [1.165, 1.54) is 99.9 Å². The van der Waals surface area contributed by atoms with Crippen LogP contribution in [0.4, 0.5) is 0 Å². The van der Waals surface area contributed by atoms with Gasteiger partial charge in [-0.05, 0) is 129 Å². The van der Waals surface area contributed by atoms with Crippen LogP contribution in [0.25, 0.3) is 16.7 Å². The highest BCUT2D eigenvalue weighted by atomic mass is 15.4. The van der Waals surface area contributed by atoms with E-state index in [1.807, 2.05) is 19.9 Å². The molecule has 1 nitrogen and oxygen atoms in total. The zero-order valence-corrected chi connectivity index (χ0v) is 31.9. The molecule has 1 saturated carbocycles. The Kier molecular flexibility index (Phi) is 15.7. The first-order chi connectivity index (χ1) is 21.8. The molecule has 1 aliphatic carbocycles. The molecule has 0 N–H and O–H groups in total. The Morgan fingerprint density at radius 3 is 1.96 bits per heavy atom. The maximum absolute atomic E-state index is 4.60. The lowest BCUT2D eigenvalue weighted by Gasteiger charge is -2.34. The molecule has 46 heavy (non-hydrogen) atoms. The second kappa shape index (κ2) is 18.4. The maximum atomic E-state index is 4.60. The van der Waals surface area contributed by atoms with Gasteiger partial charge in [0.1, 0.15) is 0 Å². The van der Waals surface area contributed by atoms with Crippen LogP contribution in [0.5, 0.6) is 0 Å². The van der Waals surface area contributed by atoms with E-state index >= 15 is 0 Å². The van der Waals surface area contributed by atoms with Crippen molar-refractivity contribution in [1.29, 1.82) is 0 Å². The zero-order chi connectivity index (χ0) is 34.6. The summed E-state index contributed by atoms with van der Waals surface area (Å²) in [5.41, 5.74) is 14.0. The summed E-state index contributed by atoms with van der Waals surface area (Å²) >= 11 is 0. The molecule has 4 rings (SSSR count). The van der Waals surface area contributed by atoms with Gasteiger partial charge in [-0.15, -0.1) is 0 Å². The highest BCUT2D eigenvalue weighted by Crippen LogP contribution is 2.42. The quantitative estimate of drug-likeness (QED) is 0.188. The van der Waals surface area contributed by atoms with Crippen molar-refractivity contribution < 1.29 is 0 Å². The van der Waals surface area contributed by atoms with Crippen molar-refractivity contribution in [2.24, 2.45) is 5.92 Å². The van der Waals surface area contributed by atoms with Gasteiger partial charge < -0.3 is 0 Å². The fraction of sp³-hybridized carbons (Fsp3) is 0.511. The highest BCUT2D eigenvalue weighted by Gasteiger charge is 2.45. The number of hydrogen-bond acceptors (Lipinski definition) is 1. The second-order valence-corrected chi connectivity index (χ2v) is 14.0. The molecule has 1 heterocycles. The Morgan fingerprint density at radius 1 is 0.891 bits per heavy atom. The molecule has 2 fully saturated rings. The number of rotatable bonds is 10. The Labute approximate surface area is 285 Å². The molecule has 1 heteroatoms. The summed E-state index contributed by atoms with van der Waals surface area (Å²) in [6.45, 7) is 36.3. The third kappa shape index (κ3) is 10.3. The summed E-state index contributed by atoms with van der Waals surface area (Å²) in [7, 11) is 0. The van der Waals surface area contributed by atoms with E-state index in [4.69, 9.17) is 0 Å². The fourth-order valence-electron chi connectivity index (χ4n) is 6.98. The monoisotopic (exact) mass is 622 g/mol. The van der Waals surface area contributed by atoms with Crippen LogP contribution in [0.15, 0.2) is 78.9 Å². The van der Waals surface area contributed by atoms with Crippen molar-refractivity contribution in [3.8, 4) is 0 Å². The van der Waals surface area contributed by atoms with Gasteiger partial charge in [-0.2, -0.15) is 0 Å². The lowest BCUT2D eigenvalue weighted by molar-refractivity contribution is 0.294. The molecule has 2 aromatic carbocycles. The summed E-state index contributed by atoms with van der Waals surface area (Å²) in [6, 6.07) is 14.2. The van der Waals surface area contributed by atoms with Crippen LogP contribution in [0.3, 0.4) is 0 Å². The van der Waals surface area contributed by atoms with Gasteiger partial charge in [0.15, 0.2) is 0 Å². The number of hydrogen-bond donors (Lipinski definition) is 0. The van der Waals surface area contributed by atoms with Gasteiger partial charge in [0.05, 0.1) is 0 Å². The topological polar surface area (TPSA) is 3.01 Å². The third-order valence-corrected chi connectivity index (χ3v) is 10.3. The molecule has 3 unspecified atom stereocenters. The Morgan fingerprint density at radius 2 is 1.48 bits per heavy atom. The molecule has 2 aromatic rings. The predicted molar refractivity (Wildman–Crippen MR) is 209 cm³/mol. The van der Waals surface area contributed by atoms with E-state index in [2.05, 4.69) is 136 Å². The van der Waals surface area contributed by atoms with E-state index in [0.29, 0.717) is 6.04 Å². The Balaban J connectivity index is 0.000000711. The standard InChI is InChI=1S/C36H47N.C7H14.C2H6/c1-12-14-35(33-16-15-24(3)25(4)21-33)30(9)26(5)20-27(6)34-18-17-32(22-28(34)7)31(10)36(11,19-13-2)37-23-29(37)8;1-7-5-3-2-4-6-7;1-2/h12,14-18,20-22,29H,1,10,13,19,23H2,2-9,11H3;7H,2-6H2,1H3;1-2H3/b27-20+,30-26+,35-14+;;. The summed E-state index contributed by atoms with van der Waals surface area (Å²) in [5.74, 6) is 1.04. The third-order valence-electron chi connectivity index (χ3n) is 10.3. The van der Waals surface area contributed by atoms with Crippen LogP contribution in [-0.2, 0) is 0 Å². The van der Waals surface area contributed by atoms with Crippen molar-refractivity contribution in [3.63, 3.8) is 0 Å². The van der Waals surface area contributed by atoms with Crippen molar-refractivity contribution in [2.45, 2.75) is 140 Å². The highest BCUT2D eigenvalue weighted by molar-refractivity contribution is 5.83. The minimum absolute atomic E-state index is 0.0334. The number of aryl methyl sites for hydroxylation is 3. The van der Waals surface area contributed by atoms with Crippen molar-refractivity contribution >= 4 is 16.7 Å². The smallest absolute Gasteiger partial charge is 0.0436 e. The molecule has 3 atom stereocenters. The molecule has 0 amide bonds. The molecule has 2 aliphatic rings. The van der Waals surface area contributed by atoms with Crippen LogP contribution >= 0.6 is 0 Å². The average molecular weight is 622 g/mol. The molecular formula is C45H67N. The first-order valence-electron chi connectivity index (χ1n) is 18.2. The molecule has 1 saturated heterocycles. The van der Waals surface area contributed by atoms with E-state index in [-0.39, 0.29) is 5.54 Å². The molecule has 0 bridgehead atoms. The zero-order valence-electron chi connectivity index (χ0n) is 31.9. The minimum Gasteiger partial charge on any atom is -0.288 e. The van der Waals surface area contributed by atoms with Gasteiger partial charge in [-0.3, -0.25) is 4.90 Å². The van der Waals surface area contributed by atoms with Gasteiger partial charge in [0.2, 0.25) is 0 Å². The van der Waals surface area contributed by atoms with E-state index in [1.54, 1.807) is 0 Å². The molecule has 0 spiro atoms. The molecular weight excluding hydrogens is 555 g/mol. The molecule has 1 aliphatic heterocycles. The summed E-state index contributed by atoms with van der Waals surface area (Å²) in [4.78, 5) is 2.59. The van der Waals surface area contributed by atoms with Crippen LogP contribution in [0.1, 0.15) is 141 Å². The van der Waals surface area contributed by atoms with Crippen molar-refractivity contribution in [2.75, 3.05) is 6.54 Å². The molecule has 0 aromatic heterocycles. The van der Waals surface area contributed by atoms with Gasteiger partial charge >= 0.3 is 0 Å². The van der Waals surface area contributed by atoms with Crippen LogP contribution in [0, 0.1) is 26.7 Å². The van der Waals surface area contributed by atoms with E-state index < -0.39 is 0 Å². The maximum Gasteiger partial charge on any atom is 0.0436 e. The van der Waals surface area contributed by atoms with E-state index in [9.17, 15) is 0 Å². The fourth-order valence-corrected chi connectivity index (χ4v) is 6.98. The predicted octanol–water partition coefficient (Wildman–Crippen LogP) is 13.5. The molecule has 252 valence electrons. The largest absolute Gasteiger partial charge is 0.288 e. The average Bonchev–Trinajstić information content (AvgIpc) is 3.79. The first-order valence-corrected chi connectivity index (χ1v) is 18.2. The minimum atomic E-state index is 0.0334. The summed E-state index contributed by atoms with van der Waals surface area (Å²) < 4.78 is 0. The van der Waals surface area contributed by atoms with Crippen molar-refractivity contribution in [1.82, 2.24) is 4.90 Å². The first kappa shape index (κ1) is 39.3. The summed E-state index contributed by atoms with van der Waals surface area (Å²) in [6.07, 6.45) is 16.1. The van der Waals surface area contributed by atoms with Gasteiger partial charge in [-0.1, -0.05) is 134 Å². The van der Waals surface area contributed by atoms with Crippen LogP contribution < -0.4 is 0 Å². The number of allylic oxidation sites excluding steroid dienone is 7. The van der Waals surface area contributed by atoms with Gasteiger partial charge in [0, 0.05) is 18.1 Å². The normalized spacial score (nSPS) is 20.3. The lowest BCUT2D eigenvalue weighted by atomic mass is 9.82. The number of benzene rings is 2. The van der Waals surface area contributed by atoms with Crippen molar-refractivity contribution in [3.05, 3.63) is 112 Å². The molecule has 0 radical (unpaired) electrons. The Hall–Kier alpha value is -2.90. The van der Waals surface area contributed by atoms with Gasteiger partial charge in [-0.25, -0.2) is 0 Å². The van der Waals surface area contributed by atoms with E-state index in [0.717, 1.165) is 18.8 Å². The SMILES string of the molecule is C=C\C=C(/C(C)=C(C)/C=C(\C)c1ccc(C(=C)C(C)(CCC)N2CC2C)cc1C)c1ccc(C)c(C)c1.CC.CC1CCCCC1.